The largest absolute Gasteiger partial charge is 0.381 e. The lowest BCUT2D eigenvalue weighted by Crippen LogP contribution is -2.42. The topological polar surface area (TPSA) is 54.4 Å². The number of ketones is 2. The number of hydrogen-bond donors (Lipinski definition) is 1. The van der Waals surface area contributed by atoms with Gasteiger partial charge in [0, 0.05) is 17.5 Å². The fourth-order valence-corrected chi connectivity index (χ4v) is 1.70. The lowest BCUT2D eigenvalue weighted by molar-refractivity contribution is 0.0327. The summed E-state index contributed by atoms with van der Waals surface area (Å²) in [4.78, 5) is 23.2. The van der Waals surface area contributed by atoms with Gasteiger partial charge in [-0.3, -0.25) is 9.59 Å². The first kappa shape index (κ1) is 9.09. The van der Waals surface area contributed by atoms with Crippen molar-refractivity contribution in [2.75, 3.05) is 0 Å². The van der Waals surface area contributed by atoms with Crippen LogP contribution in [0.1, 0.15) is 34.1 Å². The van der Waals surface area contributed by atoms with E-state index in [0.717, 1.165) is 0 Å². The predicted octanol–water partition coefficient (Wildman–Crippen LogP) is 1.21. The van der Waals surface area contributed by atoms with Crippen LogP contribution in [-0.4, -0.2) is 22.3 Å². The highest BCUT2D eigenvalue weighted by molar-refractivity contribution is 6.17. The molecule has 1 aromatic rings. The van der Waals surface area contributed by atoms with Crippen LogP contribution in [0.3, 0.4) is 0 Å². The van der Waals surface area contributed by atoms with E-state index in [-0.39, 0.29) is 18.0 Å². The number of fused-ring (bicyclic) bond motifs is 1. The second-order valence-corrected chi connectivity index (χ2v) is 3.75. The van der Waals surface area contributed by atoms with Gasteiger partial charge in [0.25, 0.3) is 0 Å². The van der Waals surface area contributed by atoms with Crippen LogP contribution in [0.15, 0.2) is 24.3 Å². The monoisotopic (exact) mass is 190 g/mol. The van der Waals surface area contributed by atoms with Crippen LogP contribution in [0.4, 0.5) is 0 Å². The number of Topliss-reactive ketones (excluding diaryl/α,β-unsaturated/α-hetero) is 2. The predicted molar refractivity (Wildman–Crippen MR) is 50.3 cm³/mol. The second-order valence-electron chi connectivity index (χ2n) is 3.75. The summed E-state index contributed by atoms with van der Waals surface area (Å²) in [5.74, 6) is -0.544. The molecule has 72 valence electrons. The van der Waals surface area contributed by atoms with Crippen molar-refractivity contribution >= 4 is 11.6 Å². The molecule has 0 unspecified atom stereocenters. The maximum absolute atomic E-state index is 11.7. The van der Waals surface area contributed by atoms with E-state index in [9.17, 15) is 14.7 Å². The van der Waals surface area contributed by atoms with E-state index >= 15 is 0 Å². The molecule has 14 heavy (non-hydrogen) atoms. The molecule has 3 heteroatoms. The van der Waals surface area contributed by atoms with Gasteiger partial charge in [-0.25, -0.2) is 0 Å². The molecule has 0 aromatic heterocycles. The zero-order valence-corrected chi connectivity index (χ0v) is 7.78. The van der Waals surface area contributed by atoms with E-state index in [1.165, 1.54) is 6.92 Å². The Kier molecular flexibility index (Phi) is 1.79. The molecular weight excluding hydrogens is 180 g/mol. The van der Waals surface area contributed by atoms with Gasteiger partial charge in [-0.1, -0.05) is 24.3 Å². The van der Waals surface area contributed by atoms with Crippen molar-refractivity contribution in [3.8, 4) is 0 Å². The third-order valence-corrected chi connectivity index (χ3v) is 2.47. The Bertz CT molecular complexity index is 418. The second kappa shape index (κ2) is 2.75. The number of rotatable bonds is 0. The average molecular weight is 190 g/mol. The molecule has 3 nitrogen and oxygen atoms in total. The van der Waals surface area contributed by atoms with Gasteiger partial charge in [-0.2, -0.15) is 0 Å². The van der Waals surface area contributed by atoms with E-state index in [4.69, 9.17) is 0 Å². The summed E-state index contributed by atoms with van der Waals surface area (Å²) >= 11 is 0. The first-order valence-electron chi connectivity index (χ1n) is 4.42. The maximum atomic E-state index is 11.7. The molecule has 1 aliphatic carbocycles. The third kappa shape index (κ3) is 1.17. The Hall–Kier alpha value is -1.48. The standard InChI is InChI=1S/C11H10O3/c1-11(14)6-9(12)7-4-2-3-5-8(7)10(11)13/h2-5,14H,6H2,1H3/t11-/m1/s1. The molecule has 0 bridgehead atoms. The van der Waals surface area contributed by atoms with Crippen molar-refractivity contribution < 1.29 is 14.7 Å². The number of aliphatic hydroxyl groups is 1. The smallest absolute Gasteiger partial charge is 0.195 e. The van der Waals surface area contributed by atoms with E-state index in [1.807, 2.05) is 0 Å². The fraction of sp³-hybridized carbons (Fsp3) is 0.273. The Morgan fingerprint density at radius 3 is 2.43 bits per heavy atom. The van der Waals surface area contributed by atoms with Crippen molar-refractivity contribution in [3.63, 3.8) is 0 Å². The summed E-state index contributed by atoms with van der Waals surface area (Å²) in [6.07, 6.45) is -0.122. The van der Waals surface area contributed by atoms with Crippen LogP contribution in [-0.2, 0) is 0 Å². The quantitative estimate of drug-likeness (QED) is 0.669. The molecule has 0 aliphatic heterocycles. The first-order chi connectivity index (χ1) is 6.52. The Balaban J connectivity index is 2.63. The molecule has 0 saturated heterocycles. The lowest BCUT2D eigenvalue weighted by Gasteiger charge is -2.26. The van der Waals surface area contributed by atoms with Crippen LogP contribution < -0.4 is 0 Å². The molecule has 2 rings (SSSR count). The molecule has 0 fully saturated rings. The molecule has 0 heterocycles. The minimum atomic E-state index is -1.54. The van der Waals surface area contributed by atoms with Gasteiger partial charge >= 0.3 is 0 Å². The summed E-state index contributed by atoms with van der Waals surface area (Å²) in [5.41, 5.74) is -0.788. The van der Waals surface area contributed by atoms with E-state index in [0.29, 0.717) is 11.1 Å². The molecular formula is C11H10O3. The normalized spacial score (nSPS) is 26.1. The van der Waals surface area contributed by atoms with E-state index < -0.39 is 5.60 Å². The Morgan fingerprint density at radius 1 is 1.21 bits per heavy atom. The average Bonchev–Trinajstić information content (AvgIpc) is 2.14. The fourth-order valence-electron chi connectivity index (χ4n) is 1.70. The van der Waals surface area contributed by atoms with Crippen molar-refractivity contribution in [2.24, 2.45) is 0 Å². The molecule has 0 saturated carbocycles. The number of hydrogen-bond acceptors (Lipinski definition) is 3. The van der Waals surface area contributed by atoms with Crippen LogP contribution in [0, 0.1) is 0 Å². The Labute approximate surface area is 81.4 Å². The summed E-state index contributed by atoms with van der Waals surface area (Å²) in [6, 6.07) is 6.59. The SMILES string of the molecule is C[C@@]1(O)CC(=O)c2ccccc2C1=O. The van der Waals surface area contributed by atoms with Crippen molar-refractivity contribution in [2.45, 2.75) is 18.9 Å². The van der Waals surface area contributed by atoms with Crippen molar-refractivity contribution in [1.82, 2.24) is 0 Å². The van der Waals surface area contributed by atoms with Crippen LogP contribution in [0.25, 0.3) is 0 Å². The number of carbonyl (C=O) groups is 2. The molecule has 1 atom stereocenters. The molecule has 1 aliphatic rings. The maximum Gasteiger partial charge on any atom is 0.195 e. The highest BCUT2D eigenvalue weighted by atomic mass is 16.3. The summed E-state index contributed by atoms with van der Waals surface area (Å²) in [7, 11) is 0. The third-order valence-electron chi connectivity index (χ3n) is 2.47. The number of benzene rings is 1. The minimum absolute atomic E-state index is 0.122. The summed E-state index contributed by atoms with van der Waals surface area (Å²) in [5, 5.41) is 9.69. The highest BCUT2D eigenvalue weighted by Crippen LogP contribution is 2.27. The molecule has 0 amide bonds. The molecule has 0 spiro atoms. The highest BCUT2D eigenvalue weighted by Gasteiger charge is 2.40. The van der Waals surface area contributed by atoms with Crippen LogP contribution >= 0.6 is 0 Å². The molecule has 0 radical (unpaired) electrons. The summed E-state index contributed by atoms with van der Waals surface area (Å²) in [6.45, 7) is 1.38. The van der Waals surface area contributed by atoms with Crippen molar-refractivity contribution in [3.05, 3.63) is 35.4 Å². The zero-order chi connectivity index (χ0) is 10.3. The van der Waals surface area contributed by atoms with E-state index in [1.54, 1.807) is 24.3 Å². The van der Waals surface area contributed by atoms with Crippen LogP contribution in [0.5, 0.6) is 0 Å². The van der Waals surface area contributed by atoms with Gasteiger partial charge in [0.2, 0.25) is 0 Å². The van der Waals surface area contributed by atoms with Gasteiger partial charge in [0.15, 0.2) is 11.6 Å². The molecule has 1 aromatic carbocycles. The van der Waals surface area contributed by atoms with Crippen molar-refractivity contribution in [1.29, 1.82) is 0 Å². The van der Waals surface area contributed by atoms with Gasteiger partial charge in [0.1, 0.15) is 5.60 Å². The zero-order valence-electron chi connectivity index (χ0n) is 7.78. The summed E-state index contributed by atoms with van der Waals surface area (Å²) < 4.78 is 0. The number of carbonyl (C=O) groups excluding carboxylic acids is 2. The van der Waals surface area contributed by atoms with E-state index in [2.05, 4.69) is 0 Å². The molecule has 1 N–H and O–H groups in total. The van der Waals surface area contributed by atoms with Gasteiger partial charge in [-0.05, 0) is 6.92 Å². The first-order valence-corrected chi connectivity index (χ1v) is 4.42. The Morgan fingerprint density at radius 2 is 1.79 bits per heavy atom. The minimum Gasteiger partial charge on any atom is -0.381 e. The van der Waals surface area contributed by atoms with Gasteiger partial charge in [-0.15, -0.1) is 0 Å². The lowest BCUT2D eigenvalue weighted by atomic mass is 9.80. The van der Waals surface area contributed by atoms with Crippen LogP contribution in [0.2, 0.25) is 0 Å². The van der Waals surface area contributed by atoms with Gasteiger partial charge < -0.3 is 5.11 Å². The van der Waals surface area contributed by atoms with Gasteiger partial charge in [0.05, 0.1) is 0 Å².